The van der Waals surface area contributed by atoms with Crippen LogP contribution in [-0.2, 0) is 14.9 Å². The number of rotatable bonds is 7. The molecule has 1 fully saturated rings. The molecule has 4 aromatic carbocycles. The minimum Gasteiger partial charge on any atom is -0.493 e. The second-order valence-corrected chi connectivity index (χ2v) is 11.1. The molecule has 7 nitrogen and oxygen atoms in total. The summed E-state index contributed by atoms with van der Waals surface area (Å²) in [4.78, 5) is 20.3. The summed E-state index contributed by atoms with van der Waals surface area (Å²) in [6.07, 6.45) is 1.72. The zero-order valence-corrected chi connectivity index (χ0v) is 22.8. The number of hydrogen-bond acceptors (Lipinski definition) is 7. The van der Waals surface area contributed by atoms with Gasteiger partial charge in [0, 0.05) is 0 Å². The molecule has 0 aliphatic carbocycles. The summed E-state index contributed by atoms with van der Waals surface area (Å²) in [6.45, 7) is 1.87. The number of para-hydroxylation sites is 2. The van der Waals surface area contributed by atoms with E-state index in [4.69, 9.17) is 13.9 Å². The summed E-state index contributed by atoms with van der Waals surface area (Å²) >= 11 is 1.26. The van der Waals surface area contributed by atoms with Crippen molar-refractivity contribution in [2.45, 2.75) is 11.8 Å². The van der Waals surface area contributed by atoms with Gasteiger partial charge in [0.25, 0.3) is 5.91 Å². The minimum absolute atomic E-state index is 0.0422. The van der Waals surface area contributed by atoms with Gasteiger partial charge in [0.05, 0.1) is 23.4 Å². The van der Waals surface area contributed by atoms with E-state index in [1.165, 1.54) is 37.1 Å². The predicted octanol–water partition coefficient (Wildman–Crippen LogP) is 6.58. The van der Waals surface area contributed by atoms with Crippen molar-refractivity contribution in [3.63, 3.8) is 0 Å². The van der Waals surface area contributed by atoms with Crippen LogP contribution < -0.4 is 13.8 Å². The molecule has 1 aliphatic heterocycles. The van der Waals surface area contributed by atoms with Gasteiger partial charge in [0.15, 0.2) is 16.7 Å². The van der Waals surface area contributed by atoms with E-state index in [-0.39, 0.29) is 22.3 Å². The van der Waals surface area contributed by atoms with Gasteiger partial charge >= 0.3 is 10.1 Å². The third kappa shape index (κ3) is 5.89. The Morgan fingerprint density at radius 1 is 0.846 bits per heavy atom. The van der Waals surface area contributed by atoms with Crippen molar-refractivity contribution in [1.82, 2.24) is 0 Å². The van der Waals surface area contributed by atoms with Crippen molar-refractivity contribution in [3.05, 3.63) is 119 Å². The van der Waals surface area contributed by atoms with Crippen LogP contribution in [0.1, 0.15) is 11.1 Å². The molecule has 0 unspecified atom stereocenters. The number of hydrogen-bond donors (Lipinski definition) is 0. The summed E-state index contributed by atoms with van der Waals surface area (Å²) in [5.74, 6) is 0.0403. The Balaban J connectivity index is 1.46. The molecule has 4 aromatic rings. The SMILES string of the molecule is COc1cc(/C=C2/SC(=Nc3ccccc3)N(c3ccccc3)C2=O)ccc1OS(=O)(=O)c1ccc(C)cc1. The lowest BCUT2D eigenvalue weighted by atomic mass is 10.2. The van der Waals surface area contributed by atoms with Crippen LogP contribution in [0.3, 0.4) is 0 Å². The second kappa shape index (κ2) is 11.2. The number of thioether (sulfide) groups is 1. The number of amides is 1. The maximum atomic E-state index is 13.5. The Labute approximate surface area is 231 Å². The number of carbonyl (C=O) groups is 1. The molecule has 0 bridgehead atoms. The molecule has 1 amide bonds. The summed E-state index contributed by atoms with van der Waals surface area (Å²) in [5, 5.41) is 0.528. The molecule has 1 heterocycles. The van der Waals surface area contributed by atoms with Crippen LogP contribution in [0.2, 0.25) is 0 Å². The normalized spacial score (nSPS) is 15.6. The van der Waals surface area contributed by atoms with E-state index in [1.54, 1.807) is 35.2 Å². The number of aliphatic imine (C=N–C) groups is 1. The van der Waals surface area contributed by atoms with Crippen molar-refractivity contribution in [2.75, 3.05) is 12.0 Å². The van der Waals surface area contributed by atoms with Crippen molar-refractivity contribution in [1.29, 1.82) is 0 Å². The fourth-order valence-corrected chi connectivity index (χ4v) is 5.77. The number of amidine groups is 1. The van der Waals surface area contributed by atoms with E-state index >= 15 is 0 Å². The number of carbonyl (C=O) groups excluding carboxylic acids is 1. The van der Waals surface area contributed by atoms with E-state index in [9.17, 15) is 13.2 Å². The third-order valence-electron chi connectivity index (χ3n) is 5.80. The van der Waals surface area contributed by atoms with Gasteiger partial charge in [0.1, 0.15) is 4.90 Å². The molecule has 0 N–H and O–H groups in total. The number of nitrogens with zero attached hydrogens (tertiary/aromatic N) is 2. The van der Waals surface area contributed by atoms with Gasteiger partial charge in [-0.1, -0.05) is 60.2 Å². The fraction of sp³-hybridized carbons (Fsp3) is 0.0667. The summed E-state index contributed by atoms with van der Waals surface area (Å²) in [7, 11) is -2.63. The quantitative estimate of drug-likeness (QED) is 0.189. The molecule has 1 saturated heterocycles. The lowest BCUT2D eigenvalue weighted by Gasteiger charge is -2.15. The Bertz CT molecular complexity index is 1670. The van der Waals surface area contributed by atoms with E-state index < -0.39 is 10.1 Å². The Morgan fingerprint density at radius 3 is 2.18 bits per heavy atom. The highest BCUT2D eigenvalue weighted by Crippen LogP contribution is 2.38. The van der Waals surface area contributed by atoms with Gasteiger partial charge in [0.2, 0.25) is 0 Å². The summed E-state index contributed by atoms with van der Waals surface area (Å²) in [5.41, 5.74) is 3.01. The first-order chi connectivity index (χ1) is 18.8. The number of aryl methyl sites for hydroxylation is 1. The lowest BCUT2D eigenvalue weighted by molar-refractivity contribution is -0.113. The number of benzene rings is 4. The molecule has 5 rings (SSSR count). The summed E-state index contributed by atoms with van der Waals surface area (Å²) < 4.78 is 36.4. The van der Waals surface area contributed by atoms with E-state index in [0.29, 0.717) is 21.3 Å². The van der Waals surface area contributed by atoms with E-state index in [2.05, 4.69) is 0 Å². The topological polar surface area (TPSA) is 85.3 Å². The van der Waals surface area contributed by atoms with Crippen molar-refractivity contribution >= 4 is 50.4 Å². The molecule has 0 saturated carbocycles. The average molecular weight is 557 g/mol. The van der Waals surface area contributed by atoms with Crippen LogP contribution in [0.4, 0.5) is 11.4 Å². The standard InChI is InChI=1S/C30H24N2O5S2/c1-21-13-16-25(17-14-21)39(34,35)37-26-18-15-22(19-27(26)36-2)20-28-29(33)32(24-11-7-4-8-12-24)30(38-28)31-23-9-5-3-6-10-23/h3-20H,1-2H3/b28-20+,31-30?. The minimum atomic E-state index is -4.06. The monoisotopic (exact) mass is 556 g/mol. The van der Waals surface area contributed by atoms with Crippen LogP contribution in [0, 0.1) is 6.92 Å². The molecule has 0 aromatic heterocycles. The van der Waals surface area contributed by atoms with Crippen molar-refractivity contribution in [2.24, 2.45) is 4.99 Å². The van der Waals surface area contributed by atoms with Gasteiger partial charge in [-0.3, -0.25) is 9.69 Å². The Kier molecular flexibility index (Phi) is 7.53. The fourth-order valence-electron chi connectivity index (χ4n) is 3.83. The van der Waals surface area contributed by atoms with Gasteiger partial charge in [-0.05, 0) is 78.9 Å². The van der Waals surface area contributed by atoms with Crippen LogP contribution >= 0.6 is 11.8 Å². The van der Waals surface area contributed by atoms with Crippen LogP contribution in [0.25, 0.3) is 6.08 Å². The highest BCUT2D eigenvalue weighted by molar-refractivity contribution is 8.19. The van der Waals surface area contributed by atoms with Crippen molar-refractivity contribution < 1.29 is 22.1 Å². The second-order valence-electron chi connectivity index (χ2n) is 8.58. The zero-order valence-electron chi connectivity index (χ0n) is 21.1. The highest BCUT2D eigenvalue weighted by Gasteiger charge is 2.34. The molecule has 0 spiro atoms. The van der Waals surface area contributed by atoms with E-state index in [1.807, 2.05) is 67.6 Å². The summed E-state index contributed by atoms with van der Waals surface area (Å²) in [6, 6.07) is 29.9. The zero-order chi connectivity index (χ0) is 27.4. The third-order valence-corrected chi connectivity index (χ3v) is 8.01. The number of methoxy groups -OCH3 is 1. The molecule has 9 heteroatoms. The molecule has 0 radical (unpaired) electrons. The average Bonchev–Trinajstić information content (AvgIpc) is 3.24. The number of ether oxygens (including phenoxy) is 1. The van der Waals surface area contributed by atoms with Gasteiger partial charge < -0.3 is 8.92 Å². The van der Waals surface area contributed by atoms with Gasteiger partial charge in [-0.2, -0.15) is 8.42 Å². The highest BCUT2D eigenvalue weighted by atomic mass is 32.2. The first-order valence-electron chi connectivity index (χ1n) is 12.0. The van der Waals surface area contributed by atoms with Crippen LogP contribution in [-0.4, -0.2) is 26.6 Å². The first-order valence-corrected chi connectivity index (χ1v) is 14.2. The largest absolute Gasteiger partial charge is 0.493 e. The molecular weight excluding hydrogens is 532 g/mol. The van der Waals surface area contributed by atoms with Gasteiger partial charge in [-0.15, -0.1) is 0 Å². The maximum Gasteiger partial charge on any atom is 0.339 e. The lowest BCUT2D eigenvalue weighted by Crippen LogP contribution is -2.28. The van der Waals surface area contributed by atoms with Crippen LogP contribution in [0.5, 0.6) is 11.5 Å². The molecule has 0 atom stereocenters. The smallest absolute Gasteiger partial charge is 0.339 e. The molecule has 196 valence electrons. The van der Waals surface area contributed by atoms with Crippen LogP contribution in [0.15, 0.2) is 118 Å². The molecule has 1 aliphatic rings. The Hall–Kier alpha value is -4.34. The first kappa shape index (κ1) is 26.3. The number of anilines is 1. The maximum absolute atomic E-state index is 13.5. The molecule has 39 heavy (non-hydrogen) atoms. The Morgan fingerprint density at radius 2 is 1.51 bits per heavy atom. The predicted molar refractivity (Wildman–Crippen MR) is 155 cm³/mol. The van der Waals surface area contributed by atoms with Crippen molar-refractivity contribution in [3.8, 4) is 11.5 Å². The van der Waals surface area contributed by atoms with Gasteiger partial charge in [-0.25, -0.2) is 4.99 Å². The molecular formula is C30H24N2O5S2. The van der Waals surface area contributed by atoms with E-state index in [0.717, 1.165) is 11.3 Å².